The quantitative estimate of drug-likeness (QED) is 0.493. The van der Waals surface area contributed by atoms with Crippen molar-refractivity contribution in [3.63, 3.8) is 0 Å². The molecule has 0 unspecified atom stereocenters. The van der Waals surface area contributed by atoms with Crippen LogP contribution in [-0.2, 0) is 16.2 Å². The molecule has 0 saturated carbocycles. The summed E-state index contributed by atoms with van der Waals surface area (Å²) in [5, 5.41) is 2.73. The van der Waals surface area contributed by atoms with Crippen LogP contribution in [0.5, 0.6) is 5.75 Å². The van der Waals surface area contributed by atoms with Gasteiger partial charge in [-0.25, -0.2) is 8.42 Å². The lowest BCUT2D eigenvalue weighted by molar-refractivity contribution is -0.137. The second-order valence-electron chi connectivity index (χ2n) is 8.57. The maximum atomic E-state index is 13.4. The summed E-state index contributed by atoms with van der Waals surface area (Å²) in [5.41, 5.74) is 1.06. The van der Waals surface area contributed by atoms with Crippen molar-refractivity contribution < 1.29 is 31.1 Å². The number of benzene rings is 3. The number of halogens is 3. The first-order valence-electron chi connectivity index (χ1n) is 11.5. The van der Waals surface area contributed by atoms with Crippen molar-refractivity contribution >= 4 is 27.3 Å². The van der Waals surface area contributed by atoms with Crippen LogP contribution >= 0.6 is 0 Å². The summed E-state index contributed by atoms with van der Waals surface area (Å²) >= 11 is 0. The minimum absolute atomic E-state index is 0.0269. The fourth-order valence-corrected chi connectivity index (χ4v) is 5.63. The Bertz CT molecular complexity index is 1400. The molecule has 1 saturated heterocycles. The van der Waals surface area contributed by atoms with Crippen LogP contribution in [0.3, 0.4) is 0 Å². The maximum Gasteiger partial charge on any atom is 0.416 e. The second-order valence-corrected chi connectivity index (χ2v) is 10.5. The van der Waals surface area contributed by atoms with E-state index in [4.69, 9.17) is 4.74 Å². The third kappa shape index (κ3) is 5.72. The number of alkyl halides is 3. The molecule has 1 amide bonds. The number of amides is 1. The highest BCUT2D eigenvalue weighted by molar-refractivity contribution is 7.89. The average molecular weight is 534 g/mol. The number of hydrogen-bond acceptors (Lipinski definition) is 5. The monoisotopic (exact) mass is 533 g/mol. The minimum atomic E-state index is -4.46. The summed E-state index contributed by atoms with van der Waals surface area (Å²) in [7, 11) is -2.52. The smallest absolute Gasteiger partial charge is 0.416 e. The Morgan fingerprint density at radius 3 is 2.30 bits per heavy atom. The molecular weight excluding hydrogens is 507 g/mol. The SMILES string of the molecule is COc1ccc(S(=O)(=O)N2CCN(c3cccc(C(F)(F)F)c3)CC2)cc1NC(=O)c1ccccc1C. The summed E-state index contributed by atoms with van der Waals surface area (Å²) in [6.07, 6.45) is -4.46. The molecule has 4 rings (SSSR count). The van der Waals surface area contributed by atoms with Crippen LogP contribution in [0.1, 0.15) is 21.5 Å². The predicted octanol–water partition coefficient (Wildman–Crippen LogP) is 4.79. The van der Waals surface area contributed by atoms with Crippen LogP contribution in [0.25, 0.3) is 0 Å². The third-order valence-corrected chi connectivity index (χ3v) is 8.12. The molecule has 0 aliphatic carbocycles. The van der Waals surface area contributed by atoms with Crippen molar-refractivity contribution in [2.24, 2.45) is 0 Å². The van der Waals surface area contributed by atoms with E-state index in [-0.39, 0.29) is 36.8 Å². The molecular formula is C26H26F3N3O4S. The zero-order chi connectivity index (χ0) is 26.8. The van der Waals surface area contributed by atoms with Crippen molar-refractivity contribution in [2.75, 3.05) is 43.5 Å². The second kappa shape index (κ2) is 10.4. The summed E-state index contributed by atoms with van der Waals surface area (Å²) in [5.74, 6) is -0.101. The molecule has 3 aromatic rings. The van der Waals surface area contributed by atoms with Crippen molar-refractivity contribution in [2.45, 2.75) is 18.0 Å². The zero-order valence-corrected chi connectivity index (χ0v) is 21.1. The first-order valence-corrected chi connectivity index (χ1v) is 12.9. The largest absolute Gasteiger partial charge is 0.495 e. The number of ether oxygens (including phenoxy) is 1. The van der Waals surface area contributed by atoms with Gasteiger partial charge in [-0.05, 0) is 55.0 Å². The molecule has 0 atom stereocenters. The standard InChI is InChI=1S/C26H26F3N3O4S/c1-18-6-3-4-9-22(18)25(33)30-23-17-21(10-11-24(23)36-2)37(34,35)32-14-12-31(13-15-32)20-8-5-7-19(16-20)26(27,28)29/h3-11,16-17H,12-15H2,1-2H3,(H,30,33). The number of hydrogen-bond donors (Lipinski definition) is 1. The number of carbonyl (C=O) groups excluding carboxylic acids is 1. The van der Waals surface area contributed by atoms with Gasteiger partial charge >= 0.3 is 6.18 Å². The molecule has 1 aliphatic rings. The van der Waals surface area contributed by atoms with Gasteiger partial charge in [-0.1, -0.05) is 24.3 Å². The van der Waals surface area contributed by atoms with Gasteiger partial charge in [0, 0.05) is 37.4 Å². The van der Waals surface area contributed by atoms with E-state index in [1.54, 1.807) is 36.1 Å². The van der Waals surface area contributed by atoms with Crippen molar-refractivity contribution in [3.8, 4) is 5.75 Å². The highest BCUT2D eigenvalue weighted by atomic mass is 32.2. The van der Waals surface area contributed by atoms with Crippen LogP contribution in [0.4, 0.5) is 24.5 Å². The van der Waals surface area contributed by atoms with Crippen molar-refractivity contribution in [1.29, 1.82) is 0 Å². The van der Waals surface area contributed by atoms with Crippen LogP contribution in [-0.4, -0.2) is 51.9 Å². The molecule has 0 radical (unpaired) electrons. The Kier molecular flexibility index (Phi) is 7.47. The predicted molar refractivity (Wildman–Crippen MR) is 135 cm³/mol. The normalized spacial score (nSPS) is 14.9. The Hall–Kier alpha value is -3.57. The van der Waals surface area contributed by atoms with E-state index < -0.39 is 27.7 Å². The molecule has 11 heteroatoms. The number of methoxy groups -OCH3 is 1. The number of rotatable bonds is 6. The molecule has 0 aromatic heterocycles. The van der Waals surface area contributed by atoms with Crippen LogP contribution in [0, 0.1) is 6.92 Å². The van der Waals surface area contributed by atoms with E-state index in [1.807, 2.05) is 6.07 Å². The summed E-state index contributed by atoms with van der Waals surface area (Å²) < 4.78 is 72.6. The average Bonchev–Trinajstić information content (AvgIpc) is 2.88. The number of piperazine rings is 1. The lowest BCUT2D eigenvalue weighted by Gasteiger charge is -2.35. The summed E-state index contributed by atoms with van der Waals surface area (Å²) in [6.45, 7) is 2.44. The highest BCUT2D eigenvalue weighted by Gasteiger charge is 2.32. The number of nitrogens with one attached hydrogen (secondary N) is 1. The third-order valence-electron chi connectivity index (χ3n) is 6.22. The van der Waals surface area contributed by atoms with E-state index >= 15 is 0 Å². The molecule has 37 heavy (non-hydrogen) atoms. The molecule has 3 aromatic carbocycles. The van der Waals surface area contributed by atoms with E-state index in [0.29, 0.717) is 17.0 Å². The van der Waals surface area contributed by atoms with Crippen molar-refractivity contribution in [1.82, 2.24) is 4.31 Å². The molecule has 0 bridgehead atoms. The topological polar surface area (TPSA) is 79.0 Å². The first-order chi connectivity index (χ1) is 17.5. The lowest BCUT2D eigenvalue weighted by atomic mass is 10.1. The number of sulfonamides is 1. The van der Waals surface area contributed by atoms with Gasteiger partial charge in [0.2, 0.25) is 10.0 Å². The molecule has 1 aliphatic heterocycles. The minimum Gasteiger partial charge on any atom is -0.495 e. The molecule has 1 fully saturated rings. The fourth-order valence-electron chi connectivity index (χ4n) is 4.18. The number of aryl methyl sites for hydroxylation is 1. The Balaban J connectivity index is 1.51. The van der Waals surface area contributed by atoms with Gasteiger partial charge in [-0.2, -0.15) is 17.5 Å². The molecule has 0 spiro atoms. The van der Waals surface area contributed by atoms with E-state index in [1.165, 1.54) is 35.7 Å². The Labute approximate surface area is 213 Å². The van der Waals surface area contributed by atoms with E-state index in [2.05, 4.69) is 5.32 Å². The summed E-state index contributed by atoms with van der Waals surface area (Å²) in [4.78, 5) is 14.5. The lowest BCUT2D eigenvalue weighted by Crippen LogP contribution is -2.48. The number of carbonyl (C=O) groups is 1. The molecule has 196 valence electrons. The zero-order valence-electron chi connectivity index (χ0n) is 20.2. The van der Waals surface area contributed by atoms with Crippen LogP contribution in [0.2, 0.25) is 0 Å². The molecule has 1 N–H and O–H groups in total. The van der Waals surface area contributed by atoms with Crippen LogP contribution < -0.4 is 15.0 Å². The van der Waals surface area contributed by atoms with Gasteiger partial charge in [0.15, 0.2) is 0 Å². The number of nitrogens with zero attached hydrogens (tertiary/aromatic N) is 2. The van der Waals surface area contributed by atoms with Gasteiger partial charge in [0.05, 0.1) is 23.3 Å². The first kappa shape index (κ1) is 26.5. The van der Waals surface area contributed by atoms with Gasteiger partial charge in [-0.15, -0.1) is 0 Å². The summed E-state index contributed by atoms with van der Waals surface area (Å²) in [6, 6.07) is 16.2. The maximum absolute atomic E-state index is 13.4. The highest BCUT2D eigenvalue weighted by Crippen LogP contribution is 2.33. The van der Waals surface area contributed by atoms with Gasteiger partial charge in [0.25, 0.3) is 5.91 Å². The van der Waals surface area contributed by atoms with E-state index in [9.17, 15) is 26.4 Å². The Morgan fingerprint density at radius 1 is 0.946 bits per heavy atom. The van der Waals surface area contributed by atoms with Gasteiger partial charge in [-0.3, -0.25) is 4.79 Å². The van der Waals surface area contributed by atoms with Gasteiger partial charge < -0.3 is 15.0 Å². The van der Waals surface area contributed by atoms with Crippen LogP contribution in [0.15, 0.2) is 71.6 Å². The van der Waals surface area contributed by atoms with Crippen molar-refractivity contribution in [3.05, 3.63) is 83.4 Å². The Morgan fingerprint density at radius 2 is 1.65 bits per heavy atom. The van der Waals surface area contributed by atoms with E-state index in [0.717, 1.165) is 17.7 Å². The number of anilines is 2. The fraction of sp³-hybridized carbons (Fsp3) is 0.269. The molecule has 1 heterocycles. The van der Waals surface area contributed by atoms with Gasteiger partial charge in [0.1, 0.15) is 5.75 Å². The molecule has 7 nitrogen and oxygen atoms in total.